The van der Waals surface area contributed by atoms with Crippen molar-refractivity contribution in [3.63, 3.8) is 0 Å². The molecule has 0 radical (unpaired) electrons. The summed E-state index contributed by atoms with van der Waals surface area (Å²) in [6.07, 6.45) is 11.6. The van der Waals surface area contributed by atoms with E-state index in [2.05, 4.69) is 13.0 Å². The highest BCUT2D eigenvalue weighted by atomic mass is 16.5. The lowest BCUT2D eigenvalue weighted by atomic mass is 9.73. The Labute approximate surface area is 186 Å². The van der Waals surface area contributed by atoms with Crippen LogP contribution >= 0.6 is 0 Å². The molecule has 1 saturated carbocycles. The summed E-state index contributed by atoms with van der Waals surface area (Å²) in [5.41, 5.74) is 3.03. The molecule has 0 saturated heterocycles. The highest BCUT2D eigenvalue weighted by molar-refractivity contribution is 5.89. The second-order valence-corrected chi connectivity index (χ2v) is 9.51. The first-order valence-electron chi connectivity index (χ1n) is 12.2. The molecule has 3 nitrogen and oxygen atoms in total. The fourth-order valence-electron chi connectivity index (χ4n) is 5.87. The Bertz CT molecular complexity index is 860. The van der Waals surface area contributed by atoms with Crippen LogP contribution in [0, 0.1) is 17.8 Å². The van der Waals surface area contributed by atoms with Gasteiger partial charge in [-0.25, -0.2) is 4.79 Å². The molecule has 2 aliphatic carbocycles. The van der Waals surface area contributed by atoms with E-state index in [9.17, 15) is 9.90 Å². The predicted molar refractivity (Wildman–Crippen MR) is 124 cm³/mol. The highest BCUT2D eigenvalue weighted by Crippen LogP contribution is 2.49. The number of phenolic OH excluding ortho intramolecular Hbond substituents is 1. The minimum Gasteiger partial charge on any atom is -0.508 e. The summed E-state index contributed by atoms with van der Waals surface area (Å²) in [6.45, 7) is 2.25. The molecule has 0 spiro atoms. The van der Waals surface area contributed by atoms with Gasteiger partial charge in [0.1, 0.15) is 11.9 Å². The monoisotopic (exact) mass is 420 g/mol. The van der Waals surface area contributed by atoms with E-state index < -0.39 is 0 Å². The smallest absolute Gasteiger partial charge is 0.338 e. The highest BCUT2D eigenvalue weighted by Gasteiger charge is 2.47. The molecule has 4 rings (SSSR count). The van der Waals surface area contributed by atoms with E-state index in [1.54, 1.807) is 6.07 Å². The van der Waals surface area contributed by atoms with E-state index in [4.69, 9.17) is 4.74 Å². The van der Waals surface area contributed by atoms with Crippen molar-refractivity contribution in [3.05, 3.63) is 65.2 Å². The van der Waals surface area contributed by atoms with Crippen molar-refractivity contribution in [3.8, 4) is 5.75 Å². The third-order valence-corrected chi connectivity index (χ3v) is 7.50. The number of hydrogen-bond donors (Lipinski definition) is 1. The maximum atomic E-state index is 12.8. The molecule has 0 bridgehead atoms. The van der Waals surface area contributed by atoms with E-state index in [0.29, 0.717) is 29.1 Å². The van der Waals surface area contributed by atoms with Crippen molar-refractivity contribution in [1.82, 2.24) is 0 Å². The summed E-state index contributed by atoms with van der Waals surface area (Å²) < 4.78 is 6.13. The molecular weight excluding hydrogens is 384 g/mol. The van der Waals surface area contributed by atoms with Crippen LogP contribution in [0.4, 0.5) is 0 Å². The normalized spacial score (nSPS) is 24.4. The molecule has 2 aromatic rings. The van der Waals surface area contributed by atoms with Gasteiger partial charge in [-0.1, -0.05) is 75.8 Å². The number of ether oxygens (including phenoxy) is 1. The van der Waals surface area contributed by atoms with Gasteiger partial charge in [-0.3, -0.25) is 0 Å². The van der Waals surface area contributed by atoms with Gasteiger partial charge < -0.3 is 9.84 Å². The molecule has 0 aromatic heterocycles. The zero-order valence-electron chi connectivity index (χ0n) is 18.8. The van der Waals surface area contributed by atoms with Crippen molar-refractivity contribution in [2.24, 2.45) is 17.8 Å². The third-order valence-electron chi connectivity index (χ3n) is 7.50. The Balaban J connectivity index is 1.46. The summed E-state index contributed by atoms with van der Waals surface area (Å²) >= 11 is 0. The van der Waals surface area contributed by atoms with Crippen LogP contribution in [0.15, 0.2) is 48.5 Å². The van der Waals surface area contributed by atoms with Gasteiger partial charge in [-0.05, 0) is 72.8 Å². The van der Waals surface area contributed by atoms with E-state index in [-0.39, 0.29) is 12.1 Å². The molecule has 31 heavy (non-hydrogen) atoms. The number of fused-ring (bicyclic) bond motifs is 2. The van der Waals surface area contributed by atoms with Crippen molar-refractivity contribution < 1.29 is 14.6 Å². The molecule has 1 fully saturated rings. The fraction of sp³-hybridized carbons (Fsp3) is 0.536. The third kappa shape index (κ3) is 5.14. The Morgan fingerprint density at radius 1 is 0.968 bits per heavy atom. The van der Waals surface area contributed by atoms with Crippen LogP contribution in [0.1, 0.15) is 79.8 Å². The summed E-state index contributed by atoms with van der Waals surface area (Å²) in [5.74, 6) is 1.67. The maximum absolute atomic E-state index is 12.8. The minimum absolute atomic E-state index is 0.0187. The zero-order chi connectivity index (χ0) is 21.6. The molecule has 0 amide bonds. The Morgan fingerprint density at radius 2 is 1.74 bits per heavy atom. The van der Waals surface area contributed by atoms with Crippen molar-refractivity contribution >= 4 is 5.97 Å². The van der Waals surface area contributed by atoms with Crippen molar-refractivity contribution in [2.75, 3.05) is 0 Å². The number of unbranched alkanes of at least 4 members (excludes halogenated alkanes) is 5. The van der Waals surface area contributed by atoms with Crippen LogP contribution in [0.25, 0.3) is 0 Å². The van der Waals surface area contributed by atoms with Crippen LogP contribution in [-0.4, -0.2) is 17.2 Å². The molecule has 0 aliphatic heterocycles. The molecule has 0 heterocycles. The molecule has 0 unspecified atom stereocenters. The lowest BCUT2D eigenvalue weighted by molar-refractivity contribution is 0.0159. The number of hydrogen-bond acceptors (Lipinski definition) is 3. The predicted octanol–water partition coefficient (Wildman–Crippen LogP) is 6.72. The van der Waals surface area contributed by atoms with Gasteiger partial charge >= 0.3 is 5.97 Å². The van der Waals surface area contributed by atoms with E-state index in [1.807, 2.05) is 36.4 Å². The molecule has 2 aliphatic rings. The van der Waals surface area contributed by atoms with Gasteiger partial charge in [0.2, 0.25) is 0 Å². The molecular formula is C28H36O3. The molecule has 3 heteroatoms. The summed E-state index contributed by atoms with van der Waals surface area (Å²) in [6, 6.07) is 15.3. The lowest BCUT2D eigenvalue weighted by Gasteiger charge is -2.32. The fourth-order valence-corrected chi connectivity index (χ4v) is 5.87. The van der Waals surface area contributed by atoms with Gasteiger partial charge in [0.25, 0.3) is 0 Å². The molecule has 1 N–H and O–H groups in total. The van der Waals surface area contributed by atoms with Crippen molar-refractivity contribution in [2.45, 2.75) is 77.2 Å². The Hall–Kier alpha value is -2.29. The quantitative estimate of drug-likeness (QED) is 0.362. The topological polar surface area (TPSA) is 46.5 Å². The van der Waals surface area contributed by atoms with E-state index in [0.717, 1.165) is 31.2 Å². The average Bonchev–Trinajstić information content (AvgIpc) is 3.11. The first-order valence-corrected chi connectivity index (χ1v) is 12.2. The molecule has 166 valence electrons. The van der Waals surface area contributed by atoms with Gasteiger partial charge in [-0.2, -0.15) is 0 Å². The van der Waals surface area contributed by atoms with Gasteiger partial charge in [0.15, 0.2) is 0 Å². The van der Waals surface area contributed by atoms with Crippen LogP contribution in [0.5, 0.6) is 5.75 Å². The number of aromatic hydroxyl groups is 1. The summed E-state index contributed by atoms with van der Waals surface area (Å²) in [4.78, 5) is 12.8. The number of phenols is 1. The van der Waals surface area contributed by atoms with E-state index in [1.165, 1.54) is 44.1 Å². The standard InChI is InChI=1S/C28H36O3/c1-2-3-4-5-6-10-15-23-24-17-21-14-11-16-26(29)25(21)18-22(24)19-27(23)31-28(30)20-12-8-7-9-13-20/h7-9,11-14,16,22-24,27,29H,2-6,10,15,17-19H2,1H3/t22-,23+,24-,27+/m0/s1. The van der Waals surface area contributed by atoms with Crippen LogP contribution in [0.3, 0.4) is 0 Å². The summed E-state index contributed by atoms with van der Waals surface area (Å²) in [7, 11) is 0. The maximum Gasteiger partial charge on any atom is 0.338 e. The Kier molecular flexibility index (Phi) is 7.32. The van der Waals surface area contributed by atoms with Crippen LogP contribution < -0.4 is 0 Å². The van der Waals surface area contributed by atoms with Crippen LogP contribution in [0.2, 0.25) is 0 Å². The number of rotatable bonds is 9. The number of carbonyl (C=O) groups excluding carboxylic acids is 1. The van der Waals surface area contributed by atoms with Crippen LogP contribution in [-0.2, 0) is 17.6 Å². The summed E-state index contributed by atoms with van der Waals surface area (Å²) in [5, 5.41) is 10.4. The van der Waals surface area contributed by atoms with Gasteiger partial charge in [0.05, 0.1) is 5.56 Å². The van der Waals surface area contributed by atoms with E-state index >= 15 is 0 Å². The second-order valence-electron chi connectivity index (χ2n) is 9.51. The zero-order valence-corrected chi connectivity index (χ0v) is 18.8. The second kappa shape index (κ2) is 10.3. The SMILES string of the molecule is CCCCCCCC[C@@H]1[C@H]2Cc3cccc(O)c3C[C@H]2C[C@H]1OC(=O)c1ccccc1. The number of carbonyl (C=O) groups is 1. The Morgan fingerprint density at radius 3 is 2.55 bits per heavy atom. The number of esters is 1. The lowest BCUT2D eigenvalue weighted by Crippen LogP contribution is -2.28. The molecule has 4 atom stereocenters. The largest absolute Gasteiger partial charge is 0.508 e. The molecule has 2 aromatic carbocycles. The number of benzene rings is 2. The minimum atomic E-state index is -0.197. The van der Waals surface area contributed by atoms with Crippen molar-refractivity contribution in [1.29, 1.82) is 0 Å². The average molecular weight is 421 g/mol. The first-order chi connectivity index (χ1) is 15.2. The van der Waals surface area contributed by atoms with Gasteiger partial charge in [0, 0.05) is 0 Å². The first kappa shape index (κ1) is 21.9. The van der Waals surface area contributed by atoms with Gasteiger partial charge in [-0.15, -0.1) is 0 Å².